The number of nitrogens with one attached hydrogen (secondary N) is 1. The molecule has 0 aromatic carbocycles. The molecule has 6 heteroatoms. The van der Waals surface area contributed by atoms with E-state index in [-0.39, 0.29) is 43.6 Å². The van der Waals surface area contributed by atoms with Gasteiger partial charge in [-0.2, -0.15) is 0 Å². The number of hydrogen-bond acceptors (Lipinski definition) is 3. The second-order valence-electron chi connectivity index (χ2n) is 6.98. The molecule has 0 saturated heterocycles. The van der Waals surface area contributed by atoms with Gasteiger partial charge in [-0.1, -0.05) is 70.4 Å². The van der Waals surface area contributed by atoms with Gasteiger partial charge in [0.15, 0.2) is 0 Å². The molecule has 1 amide bonds. The molecule has 0 unspecified atom stereocenters. The summed E-state index contributed by atoms with van der Waals surface area (Å²) in [5, 5.41) is 19.9. The summed E-state index contributed by atoms with van der Waals surface area (Å²) in [5.74, 6) is -1.51. The van der Waals surface area contributed by atoms with Crippen LogP contribution in [0, 0.1) is 0 Å². The molecule has 27 heavy (non-hydrogen) atoms. The summed E-state index contributed by atoms with van der Waals surface area (Å²) in [5.41, 5.74) is 0. The maximum absolute atomic E-state index is 11.6. The van der Waals surface area contributed by atoms with Gasteiger partial charge < -0.3 is 15.5 Å². The summed E-state index contributed by atoms with van der Waals surface area (Å²) >= 11 is 0. The Labute approximate surface area is 195 Å². The van der Waals surface area contributed by atoms with E-state index in [4.69, 9.17) is 10.2 Å². The molecule has 0 radical (unpaired) electrons. The van der Waals surface area contributed by atoms with Crippen molar-refractivity contribution in [2.45, 2.75) is 103 Å². The number of amides is 1. The molecule has 0 bridgehead atoms. The zero-order chi connectivity index (χ0) is 19.5. The van der Waals surface area contributed by atoms with Crippen molar-refractivity contribution in [3.05, 3.63) is 12.2 Å². The molecule has 0 rings (SSSR count). The third kappa shape index (κ3) is 20.4. The van der Waals surface area contributed by atoms with E-state index >= 15 is 0 Å². The number of carbonyl (C=O) groups excluding carboxylic acids is 1. The fourth-order valence-electron chi connectivity index (χ4n) is 2.81. The standard InChI is InChI=1S/C21H39NO4.Ca.2H/c1-2-3-4-5-6-7-8-9-10-11-12-13-14-15-16-17-20(24)22-19(18-23)21(25)26;;;/h9-10,19,23H,2-8,11-18H2,1H3,(H,22,24)(H,25,26);;;/b10-9-;;;/t19-;;;/m0.../s1. The first-order valence-corrected chi connectivity index (χ1v) is 10.4. The average Bonchev–Trinajstić information content (AvgIpc) is 2.62. The summed E-state index contributed by atoms with van der Waals surface area (Å²) in [6.45, 7) is 1.67. The van der Waals surface area contributed by atoms with Crippen LogP contribution in [0.1, 0.15) is 96.8 Å². The molecule has 0 aliphatic heterocycles. The van der Waals surface area contributed by atoms with E-state index < -0.39 is 18.6 Å². The van der Waals surface area contributed by atoms with Crippen LogP contribution in [0.3, 0.4) is 0 Å². The van der Waals surface area contributed by atoms with Crippen molar-refractivity contribution < 1.29 is 19.8 Å². The Morgan fingerprint density at radius 1 is 0.852 bits per heavy atom. The minimum atomic E-state index is -1.20. The van der Waals surface area contributed by atoms with Gasteiger partial charge in [0.2, 0.25) is 5.91 Å². The minimum absolute atomic E-state index is 0. The van der Waals surface area contributed by atoms with Gasteiger partial charge in [-0.05, 0) is 32.1 Å². The van der Waals surface area contributed by atoms with Crippen LogP contribution in [0.15, 0.2) is 12.2 Å². The molecular formula is C21H41CaNO4. The van der Waals surface area contributed by atoms with Gasteiger partial charge in [0, 0.05) is 6.42 Å². The number of aliphatic hydroxyl groups is 1. The summed E-state index contributed by atoms with van der Waals surface area (Å²) in [4.78, 5) is 22.3. The normalized spacial score (nSPS) is 11.9. The Hall–Kier alpha value is -0.100. The maximum atomic E-state index is 11.6. The van der Waals surface area contributed by atoms with E-state index in [1.54, 1.807) is 0 Å². The van der Waals surface area contributed by atoms with Crippen molar-refractivity contribution in [1.29, 1.82) is 0 Å². The van der Waals surface area contributed by atoms with E-state index in [2.05, 4.69) is 24.4 Å². The molecule has 0 aromatic rings. The Kier molecular flexibility index (Phi) is 23.9. The topological polar surface area (TPSA) is 86.6 Å². The van der Waals surface area contributed by atoms with Crippen LogP contribution >= 0.6 is 0 Å². The number of aliphatic carboxylic acids is 1. The molecule has 0 aliphatic carbocycles. The van der Waals surface area contributed by atoms with Crippen molar-refractivity contribution in [3.8, 4) is 0 Å². The van der Waals surface area contributed by atoms with Crippen LogP contribution < -0.4 is 5.32 Å². The summed E-state index contributed by atoms with van der Waals surface area (Å²) < 4.78 is 0. The van der Waals surface area contributed by atoms with Crippen LogP contribution in [0.25, 0.3) is 0 Å². The molecule has 0 heterocycles. The average molecular weight is 412 g/mol. The Balaban J connectivity index is 0. The van der Waals surface area contributed by atoms with Crippen molar-refractivity contribution >= 4 is 49.6 Å². The number of carboxylic acid groups (broad SMARTS) is 1. The molecular weight excluding hydrogens is 370 g/mol. The van der Waals surface area contributed by atoms with Crippen molar-refractivity contribution in [3.63, 3.8) is 0 Å². The second kappa shape index (κ2) is 22.2. The molecule has 0 saturated carbocycles. The number of unbranched alkanes of at least 4 members (excludes halogenated alkanes) is 11. The molecule has 1 atom stereocenters. The monoisotopic (exact) mass is 411 g/mol. The van der Waals surface area contributed by atoms with Crippen LogP contribution in [-0.4, -0.2) is 72.5 Å². The Morgan fingerprint density at radius 2 is 1.33 bits per heavy atom. The fraction of sp³-hybridized carbons (Fsp3) is 0.810. The van der Waals surface area contributed by atoms with Gasteiger partial charge in [-0.25, -0.2) is 4.79 Å². The fourth-order valence-corrected chi connectivity index (χ4v) is 2.81. The third-order valence-corrected chi connectivity index (χ3v) is 4.48. The Morgan fingerprint density at radius 3 is 1.81 bits per heavy atom. The van der Waals surface area contributed by atoms with E-state index in [9.17, 15) is 9.59 Å². The molecule has 0 spiro atoms. The second-order valence-corrected chi connectivity index (χ2v) is 6.98. The molecule has 156 valence electrons. The number of carboxylic acids is 1. The van der Waals surface area contributed by atoms with Crippen LogP contribution in [0.5, 0.6) is 0 Å². The van der Waals surface area contributed by atoms with Gasteiger partial charge in [0.1, 0.15) is 6.04 Å². The molecule has 5 nitrogen and oxygen atoms in total. The van der Waals surface area contributed by atoms with E-state index in [0.29, 0.717) is 6.42 Å². The van der Waals surface area contributed by atoms with Crippen molar-refractivity contribution in [1.82, 2.24) is 5.32 Å². The predicted octanol–water partition coefficient (Wildman–Crippen LogP) is 3.67. The number of aliphatic hydroxyl groups excluding tert-OH is 1. The zero-order valence-electron chi connectivity index (χ0n) is 16.5. The summed E-state index contributed by atoms with van der Waals surface area (Å²) in [6.07, 6.45) is 20.5. The van der Waals surface area contributed by atoms with Crippen molar-refractivity contribution in [2.24, 2.45) is 0 Å². The first kappa shape index (κ1) is 29.1. The molecule has 0 aliphatic rings. The van der Waals surface area contributed by atoms with Gasteiger partial charge in [0.25, 0.3) is 0 Å². The van der Waals surface area contributed by atoms with Crippen LogP contribution in [0.2, 0.25) is 0 Å². The van der Waals surface area contributed by atoms with Gasteiger partial charge in [0.05, 0.1) is 6.61 Å². The predicted molar refractivity (Wildman–Crippen MR) is 115 cm³/mol. The van der Waals surface area contributed by atoms with Gasteiger partial charge >= 0.3 is 43.7 Å². The molecule has 0 aromatic heterocycles. The Bertz CT molecular complexity index is 388. The number of hydrogen-bond donors (Lipinski definition) is 3. The van der Waals surface area contributed by atoms with Gasteiger partial charge in [-0.15, -0.1) is 0 Å². The van der Waals surface area contributed by atoms with Crippen molar-refractivity contribution in [2.75, 3.05) is 6.61 Å². The van der Waals surface area contributed by atoms with E-state index in [1.165, 1.54) is 51.4 Å². The third-order valence-electron chi connectivity index (χ3n) is 4.48. The van der Waals surface area contributed by atoms with Crippen LogP contribution in [0.4, 0.5) is 0 Å². The number of carbonyl (C=O) groups is 2. The number of allylic oxidation sites excluding steroid dienone is 2. The number of rotatable bonds is 18. The summed E-state index contributed by atoms with van der Waals surface area (Å²) in [7, 11) is 0. The van der Waals surface area contributed by atoms with E-state index in [1.807, 2.05) is 0 Å². The molecule has 3 N–H and O–H groups in total. The molecule has 0 fully saturated rings. The SMILES string of the molecule is CCCCCCCC/C=C\CCCCCCCC(=O)N[C@@H](CO)C(=O)O.[CaH2]. The first-order valence-electron chi connectivity index (χ1n) is 10.4. The van der Waals surface area contributed by atoms with E-state index in [0.717, 1.165) is 32.1 Å². The van der Waals surface area contributed by atoms with Gasteiger partial charge in [-0.3, -0.25) is 4.79 Å². The van der Waals surface area contributed by atoms with Crippen LogP contribution in [-0.2, 0) is 9.59 Å². The summed E-state index contributed by atoms with van der Waals surface area (Å²) in [6, 6.07) is -1.19. The quantitative estimate of drug-likeness (QED) is 0.182. The zero-order valence-corrected chi connectivity index (χ0v) is 16.5. The first-order chi connectivity index (χ1) is 12.6.